The molecule has 0 unspecified atom stereocenters. The van der Waals surface area contributed by atoms with Crippen molar-refractivity contribution in [3.8, 4) is 11.1 Å². The Labute approximate surface area is 138 Å². The Morgan fingerprint density at radius 1 is 1.24 bits per heavy atom. The lowest BCUT2D eigenvalue weighted by Crippen LogP contribution is -2.24. The molecule has 0 aliphatic heterocycles. The van der Waals surface area contributed by atoms with Gasteiger partial charge in [-0.2, -0.15) is 5.10 Å². The van der Waals surface area contributed by atoms with Crippen LogP contribution in [-0.4, -0.2) is 36.9 Å². The smallest absolute Gasteiger partial charge is 0.342 e. The van der Waals surface area contributed by atoms with Crippen LogP contribution in [0.25, 0.3) is 22.0 Å². The van der Waals surface area contributed by atoms with Gasteiger partial charge in [0.25, 0.3) is 5.56 Å². The van der Waals surface area contributed by atoms with Crippen LogP contribution in [0, 0.1) is 5.82 Å². The van der Waals surface area contributed by atoms with Gasteiger partial charge in [0, 0.05) is 23.6 Å². The molecule has 9 nitrogen and oxygen atoms in total. The Morgan fingerprint density at radius 3 is 2.48 bits per heavy atom. The summed E-state index contributed by atoms with van der Waals surface area (Å²) in [6.07, 6.45) is 1.39. The number of aryl methyl sites for hydroxylation is 1. The van der Waals surface area contributed by atoms with E-state index in [1.54, 1.807) is 7.05 Å². The molecule has 0 atom stereocenters. The molecule has 0 spiro atoms. The molecule has 0 saturated carbocycles. The number of aromatic amines is 1. The number of nitrogens with zero attached hydrogens (tertiary/aromatic N) is 2. The zero-order chi connectivity index (χ0) is 18.5. The number of carboxylic acids is 2. The van der Waals surface area contributed by atoms with Gasteiger partial charge in [-0.25, -0.2) is 14.0 Å². The molecule has 128 valence electrons. The lowest BCUT2D eigenvalue weighted by Gasteiger charge is -2.13. The third kappa shape index (κ3) is 2.40. The van der Waals surface area contributed by atoms with Gasteiger partial charge in [-0.1, -0.05) is 0 Å². The van der Waals surface area contributed by atoms with Gasteiger partial charge < -0.3 is 20.9 Å². The molecule has 0 saturated heterocycles. The summed E-state index contributed by atoms with van der Waals surface area (Å²) in [4.78, 5) is 37.0. The average molecular weight is 346 g/mol. The van der Waals surface area contributed by atoms with E-state index in [-0.39, 0.29) is 5.56 Å². The highest BCUT2D eigenvalue weighted by molar-refractivity contribution is 6.08. The van der Waals surface area contributed by atoms with Crippen LogP contribution < -0.4 is 11.3 Å². The first-order valence-electron chi connectivity index (χ1n) is 6.86. The van der Waals surface area contributed by atoms with Crippen LogP contribution >= 0.6 is 0 Å². The molecule has 0 aliphatic rings. The van der Waals surface area contributed by atoms with E-state index in [9.17, 15) is 29.0 Å². The number of aromatic nitrogens is 3. The van der Waals surface area contributed by atoms with E-state index in [4.69, 9.17) is 5.73 Å². The molecule has 0 bridgehead atoms. The summed E-state index contributed by atoms with van der Waals surface area (Å²) < 4.78 is 16.0. The number of nitrogen functional groups attached to an aromatic ring is 1. The first-order chi connectivity index (χ1) is 11.7. The fourth-order valence-corrected chi connectivity index (χ4v) is 2.68. The number of pyridine rings is 1. The van der Waals surface area contributed by atoms with Gasteiger partial charge in [0.2, 0.25) is 0 Å². The van der Waals surface area contributed by atoms with Crippen molar-refractivity contribution in [1.82, 2.24) is 14.8 Å². The number of anilines is 1. The van der Waals surface area contributed by atoms with Gasteiger partial charge in [-0.05, 0) is 12.1 Å². The summed E-state index contributed by atoms with van der Waals surface area (Å²) in [5.74, 6) is -4.78. The predicted molar refractivity (Wildman–Crippen MR) is 85.1 cm³/mol. The molecular weight excluding hydrogens is 335 g/mol. The summed E-state index contributed by atoms with van der Waals surface area (Å²) >= 11 is 0. The monoisotopic (exact) mass is 346 g/mol. The zero-order valence-corrected chi connectivity index (χ0v) is 12.7. The van der Waals surface area contributed by atoms with E-state index in [1.165, 1.54) is 16.9 Å². The standard InChI is InChI=1S/C15H11FN4O5/c1-20-8-3-6(7(16)2-5(8)4-18-20)9-10(14(22)23)12(17)19-13(21)11(9)15(24)25/h2-4H,1H3,(H,22,23)(H,24,25)(H3,17,19,21). The largest absolute Gasteiger partial charge is 0.478 e. The number of carbonyl (C=O) groups is 2. The van der Waals surface area contributed by atoms with Crippen molar-refractivity contribution in [2.45, 2.75) is 0 Å². The second-order valence-corrected chi connectivity index (χ2v) is 5.26. The van der Waals surface area contributed by atoms with Gasteiger partial charge in [0.1, 0.15) is 22.8 Å². The molecule has 3 rings (SSSR count). The first-order valence-corrected chi connectivity index (χ1v) is 6.86. The summed E-state index contributed by atoms with van der Waals surface area (Å²) in [6, 6.07) is 2.30. The number of hydrogen-bond acceptors (Lipinski definition) is 5. The van der Waals surface area contributed by atoms with Gasteiger partial charge in [-0.15, -0.1) is 0 Å². The van der Waals surface area contributed by atoms with Gasteiger partial charge in [0.15, 0.2) is 0 Å². The molecule has 0 amide bonds. The second kappa shape index (κ2) is 5.44. The van der Waals surface area contributed by atoms with Crippen molar-refractivity contribution < 1.29 is 24.2 Å². The van der Waals surface area contributed by atoms with Crippen molar-refractivity contribution in [1.29, 1.82) is 0 Å². The van der Waals surface area contributed by atoms with Crippen LogP contribution in [0.4, 0.5) is 10.2 Å². The minimum atomic E-state index is -1.71. The quantitative estimate of drug-likeness (QED) is 0.553. The number of aromatic carboxylic acids is 2. The van der Waals surface area contributed by atoms with E-state index in [1.807, 2.05) is 4.98 Å². The summed E-state index contributed by atoms with van der Waals surface area (Å²) in [7, 11) is 1.58. The third-order valence-corrected chi connectivity index (χ3v) is 3.78. The van der Waals surface area contributed by atoms with Crippen molar-refractivity contribution in [3.63, 3.8) is 0 Å². The molecule has 0 radical (unpaired) electrons. The second-order valence-electron chi connectivity index (χ2n) is 5.26. The molecule has 2 heterocycles. The molecular formula is C15H11FN4O5. The van der Waals surface area contributed by atoms with Crippen LogP contribution in [-0.2, 0) is 7.05 Å². The number of hydrogen-bond donors (Lipinski definition) is 4. The SMILES string of the molecule is Cn1ncc2cc(F)c(-c3c(C(=O)O)c(N)[nH]c(=O)c3C(=O)O)cc21. The number of nitrogens with one attached hydrogen (secondary N) is 1. The van der Waals surface area contributed by atoms with Gasteiger partial charge in [-0.3, -0.25) is 9.48 Å². The van der Waals surface area contributed by atoms with Crippen molar-refractivity contribution in [3.05, 3.63) is 45.6 Å². The number of fused-ring (bicyclic) bond motifs is 1. The highest BCUT2D eigenvalue weighted by Gasteiger charge is 2.28. The van der Waals surface area contributed by atoms with Crippen molar-refractivity contribution in [2.75, 3.05) is 5.73 Å². The number of benzene rings is 1. The Bertz CT molecular complexity index is 1120. The fourth-order valence-electron chi connectivity index (χ4n) is 2.68. The number of rotatable bonds is 3. The molecule has 5 N–H and O–H groups in total. The van der Waals surface area contributed by atoms with Gasteiger partial charge >= 0.3 is 11.9 Å². The fraction of sp³-hybridized carbons (Fsp3) is 0.0667. The van der Waals surface area contributed by atoms with E-state index >= 15 is 0 Å². The highest BCUT2D eigenvalue weighted by Crippen LogP contribution is 2.33. The van der Waals surface area contributed by atoms with Crippen LogP contribution in [0.5, 0.6) is 0 Å². The number of nitrogens with two attached hydrogens (primary N) is 1. The Morgan fingerprint density at radius 2 is 1.88 bits per heavy atom. The molecule has 0 fully saturated rings. The third-order valence-electron chi connectivity index (χ3n) is 3.78. The maximum absolute atomic E-state index is 14.6. The number of H-pyrrole nitrogens is 1. The zero-order valence-electron chi connectivity index (χ0n) is 12.7. The Hall–Kier alpha value is -3.69. The first kappa shape index (κ1) is 16.2. The normalized spacial score (nSPS) is 11.0. The summed E-state index contributed by atoms with van der Waals surface area (Å²) in [5.41, 5.74) is 2.25. The lowest BCUT2D eigenvalue weighted by molar-refractivity contribution is 0.0695. The number of carboxylic acid groups (broad SMARTS) is 2. The highest BCUT2D eigenvalue weighted by atomic mass is 19.1. The van der Waals surface area contributed by atoms with E-state index in [2.05, 4.69) is 5.10 Å². The molecule has 0 aliphatic carbocycles. The summed E-state index contributed by atoms with van der Waals surface area (Å²) in [6.45, 7) is 0. The molecule has 1 aromatic carbocycles. The minimum Gasteiger partial charge on any atom is -0.478 e. The van der Waals surface area contributed by atoms with Crippen LogP contribution in [0.3, 0.4) is 0 Å². The van der Waals surface area contributed by atoms with Crippen LogP contribution in [0.15, 0.2) is 23.1 Å². The molecule has 25 heavy (non-hydrogen) atoms. The lowest BCUT2D eigenvalue weighted by atomic mass is 9.94. The number of halogens is 1. The van der Waals surface area contributed by atoms with E-state index in [0.29, 0.717) is 10.9 Å². The van der Waals surface area contributed by atoms with Crippen molar-refractivity contribution >= 4 is 28.7 Å². The van der Waals surface area contributed by atoms with E-state index in [0.717, 1.165) is 6.07 Å². The molecule has 2 aromatic heterocycles. The average Bonchev–Trinajstić information content (AvgIpc) is 2.85. The minimum absolute atomic E-state index is 0.372. The maximum Gasteiger partial charge on any atom is 0.342 e. The molecule has 3 aromatic rings. The van der Waals surface area contributed by atoms with Gasteiger partial charge in [0.05, 0.1) is 11.7 Å². The topological polar surface area (TPSA) is 151 Å². The Kier molecular flexibility index (Phi) is 3.52. The molecule has 10 heteroatoms. The summed E-state index contributed by atoms with van der Waals surface area (Å²) in [5, 5.41) is 23.1. The van der Waals surface area contributed by atoms with Crippen molar-refractivity contribution in [2.24, 2.45) is 7.05 Å². The maximum atomic E-state index is 14.6. The van der Waals surface area contributed by atoms with Crippen LogP contribution in [0.1, 0.15) is 20.7 Å². The van der Waals surface area contributed by atoms with E-state index < -0.39 is 45.8 Å². The Balaban J connectivity index is 2.54. The van der Waals surface area contributed by atoms with Crippen LogP contribution in [0.2, 0.25) is 0 Å². The predicted octanol–water partition coefficient (Wildman–Crippen LogP) is 1.05.